The summed E-state index contributed by atoms with van der Waals surface area (Å²) in [5, 5.41) is 3.57. The van der Waals surface area contributed by atoms with Gasteiger partial charge in [-0.1, -0.05) is 23.9 Å². The van der Waals surface area contributed by atoms with Crippen molar-refractivity contribution in [2.24, 2.45) is 14.1 Å². The first-order valence-corrected chi connectivity index (χ1v) is 10.4. The number of thioether (sulfide) groups is 1. The van der Waals surface area contributed by atoms with Crippen molar-refractivity contribution in [3.05, 3.63) is 50.2 Å². The van der Waals surface area contributed by atoms with Crippen molar-refractivity contribution < 1.29 is 4.79 Å². The molecule has 0 unspecified atom stereocenters. The third kappa shape index (κ3) is 3.87. The fraction of sp³-hybridized carbons (Fsp3) is 0.400. The molecule has 0 fully saturated rings. The first-order valence-electron chi connectivity index (χ1n) is 9.41. The Kier molecular flexibility index (Phi) is 5.97. The quantitative estimate of drug-likeness (QED) is 0.623. The standard InChI is InChI=1S/C20H25N5O3S/c1-6-25-17-16(18(27)24(5)20(28)23(17)4)22-19(25)29-11-10-15(26)21-14-9-7-8-12(2)13(14)3/h7-9H,6,10-11H2,1-5H3,(H,21,26). The van der Waals surface area contributed by atoms with E-state index in [0.717, 1.165) is 21.4 Å². The normalized spacial score (nSPS) is 11.2. The lowest BCUT2D eigenvalue weighted by atomic mass is 10.1. The number of fused-ring (bicyclic) bond motifs is 1. The Morgan fingerprint density at radius 2 is 1.90 bits per heavy atom. The predicted octanol–water partition coefficient (Wildman–Crippen LogP) is 2.19. The maximum absolute atomic E-state index is 12.4. The Balaban J connectivity index is 1.77. The number of carbonyl (C=O) groups is 1. The summed E-state index contributed by atoms with van der Waals surface area (Å²) < 4.78 is 4.33. The van der Waals surface area contributed by atoms with Crippen LogP contribution in [0.2, 0.25) is 0 Å². The maximum Gasteiger partial charge on any atom is 0.332 e. The minimum absolute atomic E-state index is 0.0753. The Morgan fingerprint density at radius 3 is 2.59 bits per heavy atom. The van der Waals surface area contributed by atoms with Gasteiger partial charge in [0.05, 0.1) is 0 Å². The molecule has 0 atom stereocenters. The molecule has 2 aromatic heterocycles. The van der Waals surface area contributed by atoms with Crippen LogP contribution in [0.3, 0.4) is 0 Å². The molecule has 0 radical (unpaired) electrons. The van der Waals surface area contributed by atoms with Crippen LogP contribution in [0.15, 0.2) is 32.9 Å². The van der Waals surface area contributed by atoms with E-state index in [2.05, 4.69) is 10.3 Å². The van der Waals surface area contributed by atoms with Crippen LogP contribution in [0.5, 0.6) is 0 Å². The van der Waals surface area contributed by atoms with E-state index < -0.39 is 5.56 Å². The zero-order chi connectivity index (χ0) is 21.3. The monoisotopic (exact) mass is 415 g/mol. The number of aromatic nitrogens is 4. The molecule has 154 valence electrons. The first kappa shape index (κ1) is 20.9. The second-order valence-corrected chi connectivity index (χ2v) is 7.97. The van der Waals surface area contributed by atoms with Gasteiger partial charge >= 0.3 is 5.69 Å². The van der Waals surface area contributed by atoms with E-state index in [1.165, 1.54) is 23.4 Å². The number of nitrogens with one attached hydrogen (secondary N) is 1. The highest BCUT2D eigenvalue weighted by Gasteiger charge is 2.18. The number of amides is 1. The van der Waals surface area contributed by atoms with Crippen LogP contribution < -0.4 is 16.6 Å². The summed E-state index contributed by atoms with van der Waals surface area (Å²) in [7, 11) is 3.07. The molecule has 0 saturated heterocycles. The van der Waals surface area contributed by atoms with Crippen LogP contribution in [-0.4, -0.2) is 30.3 Å². The fourth-order valence-electron chi connectivity index (χ4n) is 3.20. The van der Waals surface area contributed by atoms with E-state index in [1.807, 2.05) is 43.5 Å². The third-order valence-electron chi connectivity index (χ3n) is 5.06. The molecule has 1 amide bonds. The second kappa shape index (κ2) is 8.28. The molecule has 2 heterocycles. The van der Waals surface area contributed by atoms with Gasteiger partial charge in [-0.25, -0.2) is 9.78 Å². The number of anilines is 1. The van der Waals surface area contributed by atoms with Gasteiger partial charge in [-0.2, -0.15) is 0 Å². The number of benzene rings is 1. The van der Waals surface area contributed by atoms with Crippen LogP contribution in [-0.2, 0) is 25.4 Å². The number of hydrogen-bond acceptors (Lipinski definition) is 5. The summed E-state index contributed by atoms with van der Waals surface area (Å²) in [5.41, 5.74) is 2.96. The van der Waals surface area contributed by atoms with Crippen LogP contribution in [0.25, 0.3) is 11.2 Å². The van der Waals surface area contributed by atoms with Gasteiger partial charge < -0.3 is 9.88 Å². The predicted molar refractivity (Wildman–Crippen MR) is 116 cm³/mol. The van der Waals surface area contributed by atoms with E-state index in [0.29, 0.717) is 29.5 Å². The fourth-order valence-corrected chi connectivity index (χ4v) is 4.20. The van der Waals surface area contributed by atoms with Crippen molar-refractivity contribution in [3.8, 4) is 0 Å². The molecule has 8 nitrogen and oxygen atoms in total. The van der Waals surface area contributed by atoms with E-state index in [4.69, 9.17) is 0 Å². The molecular weight excluding hydrogens is 390 g/mol. The molecule has 9 heteroatoms. The van der Waals surface area contributed by atoms with Gasteiger partial charge in [0.2, 0.25) is 5.91 Å². The van der Waals surface area contributed by atoms with Gasteiger partial charge in [0.25, 0.3) is 5.56 Å². The van der Waals surface area contributed by atoms with Gasteiger partial charge in [0, 0.05) is 38.5 Å². The number of aryl methyl sites for hydroxylation is 3. The minimum Gasteiger partial charge on any atom is -0.326 e. The number of nitrogens with zero attached hydrogens (tertiary/aromatic N) is 4. The van der Waals surface area contributed by atoms with E-state index >= 15 is 0 Å². The van der Waals surface area contributed by atoms with Crippen molar-refractivity contribution >= 4 is 34.5 Å². The highest BCUT2D eigenvalue weighted by molar-refractivity contribution is 7.99. The average Bonchev–Trinajstić information content (AvgIpc) is 3.07. The summed E-state index contributed by atoms with van der Waals surface area (Å²) in [6, 6.07) is 5.81. The largest absolute Gasteiger partial charge is 0.332 e. The van der Waals surface area contributed by atoms with E-state index in [9.17, 15) is 14.4 Å². The van der Waals surface area contributed by atoms with Crippen molar-refractivity contribution in [1.82, 2.24) is 18.7 Å². The highest BCUT2D eigenvalue weighted by Crippen LogP contribution is 2.23. The Hall–Kier alpha value is -2.81. The number of carbonyl (C=O) groups excluding carboxylic acids is 1. The molecule has 0 spiro atoms. The summed E-state index contributed by atoms with van der Waals surface area (Å²) in [6.45, 7) is 6.48. The zero-order valence-corrected chi connectivity index (χ0v) is 18.1. The SMILES string of the molecule is CCn1c(SCCC(=O)Nc2cccc(C)c2C)nc2c(=O)n(C)c(=O)n(C)c21. The Bertz CT molecular complexity index is 1210. The van der Waals surface area contributed by atoms with E-state index in [1.54, 1.807) is 7.05 Å². The number of hydrogen-bond donors (Lipinski definition) is 1. The van der Waals surface area contributed by atoms with Gasteiger partial charge in [-0.3, -0.25) is 18.7 Å². The molecule has 3 aromatic rings. The summed E-state index contributed by atoms with van der Waals surface area (Å²) in [4.78, 5) is 41.5. The topological polar surface area (TPSA) is 90.9 Å². The van der Waals surface area contributed by atoms with Gasteiger partial charge in [-0.15, -0.1) is 0 Å². The van der Waals surface area contributed by atoms with Crippen molar-refractivity contribution in [3.63, 3.8) is 0 Å². The Labute approximate surface area is 172 Å². The third-order valence-corrected chi connectivity index (χ3v) is 6.04. The second-order valence-electron chi connectivity index (χ2n) is 6.91. The van der Waals surface area contributed by atoms with Crippen LogP contribution in [0.1, 0.15) is 24.5 Å². The number of imidazole rings is 1. The van der Waals surface area contributed by atoms with Crippen LogP contribution >= 0.6 is 11.8 Å². The molecule has 1 N–H and O–H groups in total. The zero-order valence-electron chi connectivity index (χ0n) is 17.3. The van der Waals surface area contributed by atoms with Gasteiger partial charge in [0.1, 0.15) is 0 Å². The molecule has 0 aliphatic heterocycles. The lowest BCUT2D eigenvalue weighted by Crippen LogP contribution is -2.37. The van der Waals surface area contributed by atoms with Gasteiger partial charge in [-0.05, 0) is 38.0 Å². The molecule has 29 heavy (non-hydrogen) atoms. The van der Waals surface area contributed by atoms with Gasteiger partial charge in [0.15, 0.2) is 16.3 Å². The van der Waals surface area contributed by atoms with Crippen LogP contribution in [0.4, 0.5) is 5.69 Å². The lowest BCUT2D eigenvalue weighted by Gasteiger charge is -2.10. The average molecular weight is 416 g/mol. The Morgan fingerprint density at radius 1 is 1.17 bits per heavy atom. The molecule has 1 aromatic carbocycles. The molecule has 0 aliphatic carbocycles. The van der Waals surface area contributed by atoms with Crippen molar-refractivity contribution in [2.75, 3.05) is 11.1 Å². The molecule has 3 rings (SSSR count). The molecule has 0 aliphatic rings. The summed E-state index contributed by atoms with van der Waals surface area (Å²) >= 11 is 1.40. The smallest absolute Gasteiger partial charge is 0.326 e. The minimum atomic E-state index is -0.412. The molecular formula is C20H25N5O3S. The van der Waals surface area contributed by atoms with E-state index in [-0.39, 0.29) is 17.1 Å². The maximum atomic E-state index is 12.4. The molecule has 0 saturated carbocycles. The van der Waals surface area contributed by atoms with Crippen molar-refractivity contribution in [2.45, 2.75) is 38.9 Å². The van der Waals surface area contributed by atoms with Crippen molar-refractivity contribution in [1.29, 1.82) is 0 Å². The lowest BCUT2D eigenvalue weighted by molar-refractivity contribution is -0.115. The first-order chi connectivity index (χ1) is 13.8. The summed E-state index contributed by atoms with van der Waals surface area (Å²) in [6.07, 6.45) is 0.307. The van der Waals surface area contributed by atoms with Crippen LogP contribution in [0, 0.1) is 13.8 Å². The number of rotatable bonds is 6. The molecule has 0 bridgehead atoms. The highest BCUT2D eigenvalue weighted by atomic mass is 32.2. The summed E-state index contributed by atoms with van der Waals surface area (Å²) in [5.74, 6) is 0.433.